The van der Waals surface area contributed by atoms with E-state index in [9.17, 15) is 32.7 Å². The summed E-state index contributed by atoms with van der Waals surface area (Å²) in [6, 6.07) is 20.0. The lowest BCUT2D eigenvalue weighted by Gasteiger charge is -2.28. The first-order valence-electron chi connectivity index (χ1n) is 14.0. The van der Waals surface area contributed by atoms with Crippen molar-refractivity contribution in [2.24, 2.45) is 0 Å². The number of fused-ring (bicyclic) bond motifs is 2. The summed E-state index contributed by atoms with van der Waals surface area (Å²) in [5.41, 5.74) is 0.755. The Labute approximate surface area is 253 Å². The minimum atomic E-state index is -4.60. The Balaban J connectivity index is 1.28. The van der Waals surface area contributed by atoms with Gasteiger partial charge in [-0.3, -0.25) is 24.2 Å². The molecule has 0 spiro atoms. The van der Waals surface area contributed by atoms with E-state index in [0.29, 0.717) is 16.5 Å². The first kappa shape index (κ1) is 29.1. The van der Waals surface area contributed by atoms with Crippen molar-refractivity contribution in [1.29, 1.82) is 0 Å². The van der Waals surface area contributed by atoms with Crippen molar-refractivity contribution >= 4 is 43.5 Å². The lowest BCUT2D eigenvalue weighted by molar-refractivity contribution is -0.138. The molecule has 3 heterocycles. The molecular formula is C32H28N4O7S. The summed E-state index contributed by atoms with van der Waals surface area (Å²) in [5, 5.41) is 12.9. The van der Waals surface area contributed by atoms with Crippen LogP contribution in [-0.2, 0) is 26.0 Å². The zero-order valence-corrected chi connectivity index (χ0v) is 24.2. The Bertz CT molecular complexity index is 1870. The maximum Gasteiger partial charge on any atom is 0.310 e. The number of Topliss-reactive ketones (excluding diaryl/α,β-unsaturated/α-hetero) is 1. The zero-order chi connectivity index (χ0) is 31.0. The average molecular weight is 613 g/mol. The van der Waals surface area contributed by atoms with Crippen LogP contribution in [0.25, 0.3) is 10.8 Å². The number of nitrogens with one attached hydrogen (secondary N) is 1. The van der Waals surface area contributed by atoms with Crippen molar-refractivity contribution in [3.05, 3.63) is 108 Å². The number of likely N-dealkylation sites (tertiary alicyclic amines) is 1. The number of phenols is 1. The maximum absolute atomic E-state index is 14.1. The number of carbonyl (C=O) groups is 4. The van der Waals surface area contributed by atoms with Crippen LogP contribution in [0.4, 0.5) is 0 Å². The number of sulfonamides is 1. The second-order valence-corrected chi connectivity index (χ2v) is 12.6. The zero-order valence-electron chi connectivity index (χ0n) is 23.4. The third kappa shape index (κ3) is 5.33. The highest BCUT2D eigenvalue weighted by Gasteiger charge is 2.55. The first-order chi connectivity index (χ1) is 21.1. The molecule has 44 heavy (non-hydrogen) atoms. The van der Waals surface area contributed by atoms with E-state index in [0.717, 1.165) is 9.69 Å². The molecule has 224 valence electrons. The van der Waals surface area contributed by atoms with Crippen LogP contribution in [0, 0.1) is 0 Å². The molecule has 2 aliphatic heterocycles. The summed E-state index contributed by atoms with van der Waals surface area (Å²) in [6.45, 7) is -0.495. The molecule has 6 rings (SSSR count). The van der Waals surface area contributed by atoms with Crippen LogP contribution in [0.5, 0.6) is 5.75 Å². The molecule has 0 radical (unpaired) electrons. The minimum Gasteiger partial charge on any atom is -0.508 e. The highest BCUT2D eigenvalue weighted by Crippen LogP contribution is 2.33. The SMILES string of the molecule is O=C(NC(Cc1ccc(O)cc1)C(=O)N1CCC2C1C(=O)CN2S(=O)(=O)C(=O)c1ccccn1)c1cccc2ccccc12. The summed E-state index contributed by atoms with van der Waals surface area (Å²) >= 11 is 0. The van der Waals surface area contributed by atoms with E-state index in [1.54, 1.807) is 30.3 Å². The molecule has 12 heteroatoms. The monoisotopic (exact) mass is 612 g/mol. The number of benzene rings is 3. The molecule has 2 saturated heterocycles. The number of hydrogen-bond donors (Lipinski definition) is 2. The number of aromatic hydroxyl groups is 1. The van der Waals surface area contributed by atoms with Gasteiger partial charge in [-0.05, 0) is 53.1 Å². The Kier molecular flexibility index (Phi) is 7.70. The Morgan fingerprint density at radius 3 is 2.43 bits per heavy atom. The molecule has 0 bridgehead atoms. The van der Waals surface area contributed by atoms with Gasteiger partial charge in [-0.1, -0.05) is 54.6 Å². The van der Waals surface area contributed by atoms with Gasteiger partial charge in [-0.15, -0.1) is 0 Å². The fourth-order valence-corrected chi connectivity index (χ4v) is 7.46. The van der Waals surface area contributed by atoms with Crippen molar-refractivity contribution < 1.29 is 32.7 Å². The largest absolute Gasteiger partial charge is 0.508 e. The minimum absolute atomic E-state index is 0.0388. The smallest absolute Gasteiger partial charge is 0.310 e. The Morgan fingerprint density at radius 2 is 1.68 bits per heavy atom. The second kappa shape index (κ2) is 11.6. The highest BCUT2D eigenvalue weighted by atomic mass is 32.2. The summed E-state index contributed by atoms with van der Waals surface area (Å²) < 4.78 is 27.5. The van der Waals surface area contributed by atoms with Gasteiger partial charge in [-0.25, -0.2) is 8.42 Å². The van der Waals surface area contributed by atoms with Gasteiger partial charge in [0.25, 0.3) is 15.9 Å². The summed E-state index contributed by atoms with van der Waals surface area (Å²) in [4.78, 5) is 59.0. The van der Waals surface area contributed by atoms with Crippen LogP contribution in [0.1, 0.15) is 32.8 Å². The molecule has 4 aromatic rings. The van der Waals surface area contributed by atoms with E-state index in [-0.39, 0.29) is 30.8 Å². The molecule has 3 aromatic carbocycles. The van der Waals surface area contributed by atoms with E-state index in [1.807, 2.05) is 30.3 Å². The molecule has 3 unspecified atom stereocenters. The van der Waals surface area contributed by atoms with E-state index < -0.39 is 57.4 Å². The van der Waals surface area contributed by atoms with Crippen LogP contribution < -0.4 is 5.32 Å². The van der Waals surface area contributed by atoms with Gasteiger partial charge < -0.3 is 15.3 Å². The summed E-state index contributed by atoms with van der Waals surface area (Å²) in [7, 11) is -4.60. The third-order valence-electron chi connectivity index (χ3n) is 8.09. The van der Waals surface area contributed by atoms with E-state index in [4.69, 9.17) is 0 Å². The molecule has 11 nitrogen and oxygen atoms in total. The molecule has 2 N–H and O–H groups in total. The molecule has 0 aliphatic carbocycles. The fourth-order valence-electron chi connectivity index (χ4n) is 5.99. The number of carbonyl (C=O) groups excluding carboxylic acids is 4. The van der Waals surface area contributed by atoms with Gasteiger partial charge >= 0.3 is 5.12 Å². The van der Waals surface area contributed by atoms with Gasteiger partial charge in [0.2, 0.25) is 5.91 Å². The Hall–Kier alpha value is -4.94. The number of ketones is 1. The predicted molar refractivity (Wildman–Crippen MR) is 160 cm³/mol. The Morgan fingerprint density at radius 1 is 0.955 bits per heavy atom. The number of phenolic OH excluding ortho intramolecular Hbond substituents is 1. The van der Waals surface area contributed by atoms with Crippen molar-refractivity contribution in [2.75, 3.05) is 13.1 Å². The van der Waals surface area contributed by atoms with Crippen molar-refractivity contribution in [3.8, 4) is 5.75 Å². The highest BCUT2D eigenvalue weighted by molar-refractivity contribution is 8.04. The molecule has 2 fully saturated rings. The maximum atomic E-state index is 14.1. The summed E-state index contributed by atoms with van der Waals surface area (Å²) in [5.74, 6) is -1.51. The topological polar surface area (TPSA) is 154 Å². The number of pyridine rings is 1. The van der Waals surface area contributed by atoms with E-state index in [2.05, 4.69) is 10.3 Å². The normalized spacial score (nSPS) is 19.1. The van der Waals surface area contributed by atoms with Crippen LogP contribution in [0.2, 0.25) is 0 Å². The van der Waals surface area contributed by atoms with Crippen LogP contribution in [-0.4, -0.2) is 81.6 Å². The van der Waals surface area contributed by atoms with Crippen molar-refractivity contribution in [3.63, 3.8) is 0 Å². The number of rotatable bonds is 7. The van der Waals surface area contributed by atoms with Gasteiger partial charge in [0.05, 0.1) is 12.6 Å². The fraction of sp³-hybridized carbons (Fsp3) is 0.219. The van der Waals surface area contributed by atoms with E-state index >= 15 is 0 Å². The quantitative estimate of drug-likeness (QED) is 0.322. The van der Waals surface area contributed by atoms with E-state index in [1.165, 1.54) is 35.4 Å². The molecule has 1 aromatic heterocycles. The average Bonchev–Trinajstić information content (AvgIpc) is 3.62. The van der Waals surface area contributed by atoms with Gasteiger partial charge in [0.1, 0.15) is 23.5 Å². The molecular weight excluding hydrogens is 584 g/mol. The van der Waals surface area contributed by atoms with Crippen LogP contribution in [0.3, 0.4) is 0 Å². The summed E-state index contributed by atoms with van der Waals surface area (Å²) in [6.07, 6.45) is 1.50. The molecule has 3 atom stereocenters. The predicted octanol–water partition coefficient (Wildman–Crippen LogP) is 2.31. The molecule has 0 saturated carbocycles. The number of aromatic nitrogens is 1. The third-order valence-corrected chi connectivity index (χ3v) is 9.79. The van der Waals surface area contributed by atoms with Crippen LogP contribution in [0.15, 0.2) is 91.1 Å². The first-order valence-corrected chi connectivity index (χ1v) is 15.5. The number of nitrogens with zero attached hydrogens (tertiary/aromatic N) is 3. The van der Waals surface area contributed by atoms with Gasteiger partial charge in [-0.2, -0.15) is 4.31 Å². The standard InChI is InChI=1S/C32H28N4O7S/c37-22-13-11-20(12-14-22)18-26(34-30(39)24-9-5-7-21-6-1-2-8-23(21)24)31(40)35-17-15-27-29(35)28(38)19-36(27)44(42,43)32(41)25-10-3-4-16-33-25/h1-14,16,26-27,29,37H,15,17-19H2,(H,34,39). The van der Waals surface area contributed by atoms with Gasteiger partial charge in [0, 0.05) is 24.7 Å². The van der Waals surface area contributed by atoms with Crippen molar-refractivity contribution in [1.82, 2.24) is 19.5 Å². The molecule has 2 amide bonds. The van der Waals surface area contributed by atoms with Crippen LogP contribution >= 0.6 is 0 Å². The van der Waals surface area contributed by atoms with Gasteiger partial charge in [0.15, 0.2) is 5.78 Å². The number of hydrogen-bond acceptors (Lipinski definition) is 8. The second-order valence-electron chi connectivity index (χ2n) is 10.8. The molecule has 2 aliphatic rings. The van der Waals surface area contributed by atoms with Crippen molar-refractivity contribution in [2.45, 2.75) is 31.0 Å². The number of amides is 2. The lowest BCUT2D eigenvalue weighted by Crippen LogP contribution is -2.53. The lowest BCUT2D eigenvalue weighted by atomic mass is 10.0.